The smallest absolute Gasteiger partial charge is 0.226 e. The van der Waals surface area contributed by atoms with Crippen LogP contribution in [-0.2, 0) is 16.6 Å². The molecule has 0 atom stereocenters. The van der Waals surface area contributed by atoms with Gasteiger partial charge in [0.15, 0.2) is 0 Å². The highest BCUT2D eigenvalue weighted by molar-refractivity contribution is 7.90. The number of nitrogens with zero attached hydrogens (tertiary/aromatic N) is 1. The Labute approximate surface area is 75.2 Å². The maximum atomic E-state index is 10.8. The first kappa shape index (κ1) is 9.50. The van der Waals surface area contributed by atoms with Crippen molar-refractivity contribution in [1.29, 1.82) is 0 Å². The maximum absolute atomic E-state index is 10.8. The summed E-state index contributed by atoms with van der Waals surface area (Å²) in [7, 11) is -3.33. The lowest BCUT2D eigenvalue weighted by Gasteiger charge is -1.99. The van der Waals surface area contributed by atoms with E-state index in [0.29, 0.717) is 5.69 Å². The highest BCUT2D eigenvalue weighted by atomic mass is 35.5. The van der Waals surface area contributed by atoms with E-state index in [9.17, 15) is 8.42 Å². The monoisotopic (exact) mass is 209 g/mol. The first-order valence-electron chi connectivity index (χ1n) is 3.14. The zero-order chi connectivity index (χ0) is 9.03. The summed E-state index contributed by atoms with van der Waals surface area (Å²) in [4.78, 5) is 6.48. The van der Waals surface area contributed by atoms with Gasteiger partial charge in [-0.1, -0.05) is 0 Å². The third-order valence-corrected chi connectivity index (χ3v) is 2.91. The van der Waals surface area contributed by atoms with Crippen LogP contribution in [0, 0.1) is 0 Å². The van der Waals surface area contributed by atoms with E-state index in [4.69, 9.17) is 11.6 Å². The van der Waals surface area contributed by atoms with Crippen molar-refractivity contribution in [2.24, 2.45) is 0 Å². The zero-order valence-corrected chi connectivity index (χ0v) is 7.69. The van der Waals surface area contributed by atoms with E-state index in [2.05, 4.69) is 14.7 Å². The predicted octanol–water partition coefficient (Wildman–Crippen LogP) is 0.0254. The standard InChI is InChI=1S/C5H8ClN3O2S/c6-3-12(10,11)9-2-5-1-7-4-8-5/h1,4,9H,2-3H2,(H,7,8). The van der Waals surface area contributed by atoms with E-state index >= 15 is 0 Å². The summed E-state index contributed by atoms with van der Waals surface area (Å²) in [5.41, 5.74) is 0.698. The third-order valence-electron chi connectivity index (χ3n) is 1.18. The fourth-order valence-corrected chi connectivity index (χ4v) is 1.29. The molecule has 12 heavy (non-hydrogen) atoms. The molecule has 1 rings (SSSR count). The van der Waals surface area contributed by atoms with Gasteiger partial charge in [0.2, 0.25) is 10.0 Å². The van der Waals surface area contributed by atoms with Crippen LogP contribution in [-0.4, -0.2) is 23.6 Å². The van der Waals surface area contributed by atoms with E-state index in [1.165, 1.54) is 12.5 Å². The normalized spacial score (nSPS) is 11.8. The van der Waals surface area contributed by atoms with Gasteiger partial charge < -0.3 is 4.98 Å². The summed E-state index contributed by atoms with van der Waals surface area (Å²) in [6, 6.07) is 0. The first-order chi connectivity index (χ1) is 5.64. The molecule has 1 heterocycles. The highest BCUT2D eigenvalue weighted by Gasteiger charge is 2.06. The molecule has 0 aliphatic heterocycles. The molecule has 5 nitrogen and oxygen atoms in total. The topological polar surface area (TPSA) is 74.8 Å². The molecule has 68 valence electrons. The average molecular weight is 210 g/mol. The molecule has 1 aromatic heterocycles. The third kappa shape index (κ3) is 2.80. The zero-order valence-electron chi connectivity index (χ0n) is 6.12. The van der Waals surface area contributed by atoms with Crippen molar-refractivity contribution in [3.63, 3.8) is 0 Å². The number of nitrogens with one attached hydrogen (secondary N) is 2. The molecule has 0 saturated heterocycles. The number of sulfonamides is 1. The van der Waals surface area contributed by atoms with E-state index in [1.54, 1.807) is 0 Å². The van der Waals surface area contributed by atoms with Crippen LogP contribution in [0.5, 0.6) is 0 Å². The largest absolute Gasteiger partial charge is 0.347 e. The predicted molar refractivity (Wildman–Crippen MR) is 45.1 cm³/mol. The van der Waals surface area contributed by atoms with Crippen molar-refractivity contribution in [3.05, 3.63) is 18.2 Å². The summed E-state index contributed by atoms with van der Waals surface area (Å²) < 4.78 is 23.9. The first-order valence-corrected chi connectivity index (χ1v) is 5.33. The molecular weight excluding hydrogens is 202 g/mol. The van der Waals surface area contributed by atoms with Gasteiger partial charge in [0.25, 0.3) is 0 Å². The quantitative estimate of drug-likeness (QED) is 0.687. The van der Waals surface area contributed by atoms with Gasteiger partial charge >= 0.3 is 0 Å². The number of hydrogen-bond acceptors (Lipinski definition) is 3. The van der Waals surface area contributed by atoms with Gasteiger partial charge in [-0.05, 0) is 0 Å². The number of halogens is 1. The van der Waals surface area contributed by atoms with Crippen LogP contribution in [0.3, 0.4) is 0 Å². The van der Waals surface area contributed by atoms with E-state index < -0.39 is 15.2 Å². The summed E-state index contributed by atoms with van der Waals surface area (Å²) in [5, 5.41) is -0.429. The lowest BCUT2D eigenvalue weighted by molar-refractivity contribution is 0.585. The molecule has 0 aliphatic rings. The molecule has 0 fully saturated rings. The van der Waals surface area contributed by atoms with Crippen LogP contribution in [0.15, 0.2) is 12.5 Å². The van der Waals surface area contributed by atoms with Crippen LogP contribution >= 0.6 is 11.6 Å². The van der Waals surface area contributed by atoms with Gasteiger partial charge in [0, 0.05) is 11.9 Å². The van der Waals surface area contributed by atoms with Crippen molar-refractivity contribution in [2.45, 2.75) is 6.54 Å². The Morgan fingerprint density at radius 2 is 2.42 bits per heavy atom. The molecule has 0 aliphatic carbocycles. The van der Waals surface area contributed by atoms with Crippen molar-refractivity contribution >= 4 is 21.6 Å². The van der Waals surface area contributed by atoms with E-state index in [-0.39, 0.29) is 6.54 Å². The Morgan fingerprint density at radius 1 is 1.67 bits per heavy atom. The minimum absolute atomic E-state index is 0.190. The van der Waals surface area contributed by atoms with Crippen LogP contribution in [0.2, 0.25) is 0 Å². The number of imidazole rings is 1. The molecule has 1 aromatic rings. The molecule has 0 radical (unpaired) electrons. The van der Waals surface area contributed by atoms with Gasteiger partial charge in [-0.25, -0.2) is 18.1 Å². The minimum atomic E-state index is -3.33. The van der Waals surface area contributed by atoms with Crippen LogP contribution < -0.4 is 4.72 Å². The Balaban J connectivity index is 2.47. The molecule has 0 amide bonds. The molecule has 0 bridgehead atoms. The summed E-state index contributed by atoms with van der Waals surface area (Å²) >= 11 is 5.16. The van der Waals surface area contributed by atoms with Crippen molar-refractivity contribution in [3.8, 4) is 0 Å². The van der Waals surface area contributed by atoms with Crippen molar-refractivity contribution in [2.75, 3.05) is 5.21 Å². The van der Waals surface area contributed by atoms with Crippen LogP contribution in [0.25, 0.3) is 0 Å². The second-order valence-electron chi connectivity index (χ2n) is 2.12. The van der Waals surface area contributed by atoms with Gasteiger partial charge in [-0.3, -0.25) is 0 Å². The number of alkyl halides is 1. The van der Waals surface area contributed by atoms with Gasteiger partial charge in [0.05, 0.1) is 12.9 Å². The molecule has 2 N–H and O–H groups in total. The van der Waals surface area contributed by atoms with Gasteiger partial charge in [0.1, 0.15) is 5.21 Å². The summed E-state index contributed by atoms with van der Waals surface area (Å²) in [6.45, 7) is 0.190. The van der Waals surface area contributed by atoms with Gasteiger partial charge in [-0.15, -0.1) is 11.6 Å². The number of H-pyrrole nitrogens is 1. The molecule has 0 aromatic carbocycles. The van der Waals surface area contributed by atoms with Crippen molar-refractivity contribution in [1.82, 2.24) is 14.7 Å². The second kappa shape index (κ2) is 3.88. The van der Waals surface area contributed by atoms with Gasteiger partial charge in [-0.2, -0.15) is 0 Å². The lowest BCUT2D eigenvalue weighted by Crippen LogP contribution is -2.23. The summed E-state index contributed by atoms with van der Waals surface area (Å²) in [5.74, 6) is 0. The molecule has 0 saturated carbocycles. The second-order valence-corrected chi connectivity index (χ2v) is 4.51. The maximum Gasteiger partial charge on any atom is 0.226 e. The lowest BCUT2D eigenvalue weighted by atomic mass is 10.5. The fraction of sp³-hybridized carbons (Fsp3) is 0.400. The Kier molecular flexibility index (Phi) is 3.07. The number of aromatic nitrogens is 2. The number of rotatable bonds is 4. The molecule has 7 heteroatoms. The Bertz CT molecular complexity index is 320. The number of aromatic amines is 1. The van der Waals surface area contributed by atoms with E-state index in [0.717, 1.165) is 0 Å². The Hall–Kier alpha value is -0.590. The molecule has 0 unspecified atom stereocenters. The SMILES string of the molecule is O=S(=O)(CCl)NCc1cnc[nH]1. The molecular formula is C5H8ClN3O2S. The fourth-order valence-electron chi connectivity index (χ4n) is 0.608. The minimum Gasteiger partial charge on any atom is -0.347 e. The van der Waals surface area contributed by atoms with E-state index in [1.807, 2.05) is 0 Å². The highest BCUT2D eigenvalue weighted by Crippen LogP contribution is 1.93. The van der Waals surface area contributed by atoms with Crippen LogP contribution in [0.1, 0.15) is 5.69 Å². The number of hydrogen-bond donors (Lipinski definition) is 2. The Morgan fingerprint density at radius 3 is 2.92 bits per heavy atom. The van der Waals surface area contributed by atoms with Crippen LogP contribution in [0.4, 0.5) is 0 Å². The average Bonchev–Trinajstić information content (AvgIpc) is 2.53. The molecule has 0 spiro atoms. The summed E-state index contributed by atoms with van der Waals surface area (Å²) in [6.07, 6.45) is 3.01. The van der Waals surface area contributed by atoms with Crippen molar-refractivity contribution < 1.29 is 8.42 Å².